The zero-order valence-corrected chi connectivity index (χ0v) is 13.8. The monoisotopic (exact) mass is 304 g/mol. The lowest BCUT2D eigenvalue weighted by atomic mass is 10.1. The quantitative estimate of drug-likeness (QED) is 0.838. The van der Waals surface area contributed by atoms with Gasteiger partial charge in [0, 0.05) is 24.9 Å². The second kappa shape index (κ2) is 7.57. The normalized spacial score (nSPS) is 13.9. The molecule has 1 heterocycles. The molecule has 2 unspecified atom stereocenters. The molecule has 0 fully saturated rings. The number of benzene rings is 1. The van der Waals surface area contributed by atoms with Crippen LogP contribution in [0.4, 0.5) is 5.13 Å². The lowest BCUT2D eigenvalue weighted by molar-refractivity contribution is 0.177. The number of aliphatic hydroxyl groups is 1. The number of anilines is 1. The minimum absolute atomic E-state index is 0.487. The zero-order valence-electron chi connectivity index (χ0n) is 13.0. The van der Waals surface area contributed by atoms with Crippen molar-refractivity contribution in [2.75, 3.05) is 11.9 Å². The SMILES string of the molecule is CCCC(C)N(C)c1nc(CC(O)c2ccccc2)cs1. The lowest BCUT2D eigenvalue weighted by Crippen LogP contribution is -2.28. The number of hydrogen-bond acceptors (Lipinski definition) is 4. The first-order chi connectivity index (χ1) is 10.1. The van der Waals surface area contributed by atoms with Gasteiger partial charge in [-0.1, -0.05) is 43.7 Å². The van der Waals surface area contributed by atoms with Crippen LogP contribution in [0, 0.1) is 0 Å². The van der Waals surface area contributed by atoms with Gasteiger partial charge < -0.3 is 10.0 Å². The summed E-state index contributed by atoms with van der Waals surface area (Å²) in [5.41, 5.74) is 1.90. The van der Waals surface area contributed by atoms with Gasteiger partial charge in [-0.2, -0.15) is 0 Å². The van der Waals surface area contributed by atoms with E-state index in [1.54, 1.807) is 11.3 Å². The van der Waals surface area contributed by atoms with E-state index in [0.29, 0.717) is 12.5 Å². The first-order valence-electron chi connectivity index (χ1n) is 7.52. The topological polar surface area (TPSA) is 36.4 Å². The van der Waals surface area contributed by atoms with Crippen LogP contribution in [0.2, 0.25) is 0 Å². The number of rotatable bonds is 7. The van der Waals surface area contributed by atoms with Crippen LogP contribution in [-0.4, -0.2) is 23.2 Å². The first-order valence-corrected chi connectivity index (χ1v) is 8.40. The van der Waals surface area contributed by atoms with Crippen molar-refractivity contribution in [3.8, 4) is 0 Å². The third-order valence-corrected chi connectivity index (χ3v) is 4.78. The maximum Gasteiger partial charge on any atom is 0.185 e. The van der Waals surface area contributed by atoms with Crippen molar-refractivity contribution in [1.82, 2.24) is 4.98 Å². The van der Waals surface area contributed by atoms with Gasteiger partial charge >= 0.3 is 0 Å². The van der Waals surface area contributed by atoms with Gasteiger partial charge in [-0.25, -0.2) is 4.98 Å². The Bertz CT molecular complexity index is 541. The molecule has 114 valence electrons. The smallest absolute Gasteiger partial charge is 0.185 e. The van der Waals surface area contributed by atoms with E-state index < -0.39 is 6.10 Å². The van der Waals surface area contributed by atoms with E-state index >= 15 is 0 Å². The van der Waals surface area contributed by atoms with Crippen molar-refractivity contribution in [1.29, 1.82) is 0 Å². The molecule has 0 spiro atoms. The highest BCUT2D eigenvalue weighted by Gasteiger charge is 2.15. The molecule has 21 heavy (non-hydrogen) atoms. The number of nitrogens with zero attached hydrogens (tertiary/aromatic N) is 2. The Balaban J connectivity index is 2.00. The van der Waals surface area contributed by atoms with E-state index in [-0.39, 0.29) is 0 Å². The van der Waals surface area contributed by atoms with Crippen LogP contribution in [-0.2, 0) is 6.42 Å². The minimum Gasteiger partial charge on any atom is -0.388 e. The second-order valence-electron chi connectivity index (χ2n) is 5.50. The van der Waals surface area contributed by atoms with Gasteiger partial charge in [-0.05, 0) is 18.9 Å². The molecule has 0 radical (unpaired) electrons. The van der Waals surface area contributed by atoms with E-state index in [4.69, 9.17) is 0 Å². The van der Waals surface area contributed by atoms with Crippen LogP contribution in [0.1, 0.15) is 44.1 Å². The second-order valence-corrected chi connectivity index (χ2v) is 6.34. The van der Waals surface area contributed by atoms with Gasteiger partial charge in [0.2, 0.25) is 0 Å². The molecule has 2 rings (SSSR count). The third kappa shape index (κ3) is 4.29. The summed E-state index contributed by atoms with van der Waals surface area (Å²) in [4.78, 5) is 6.89. The predicted molar refractivity (Wildman–Crippen MR) is 90.0 cm³/mol. The average Bonchev–Trinajstić information content (AvgIpc) is 2.96. The Kier molecular flexibility index (Phi) is 5.76. The van der Waals surface area contributed by atoms with Gasteiger partial charge in [-0.3, -0.25) is 0 Å². The average molecular weight is 304 g/mol. The van der Waals surface area contributed by atoms with E-state index in [1.807, 2.05) is 30.3 Å². The highest BCUT2D eigenvalue weighted by Crippen LogP contribution is 2.25. The van der Waals surface area contributed by atoms with E-state index in [0.717, 1.165) is 22.8 Å². The number of aliphatic hydroxyl groups excluding tert-OH is 1. The van der Waals surface area contributed by atoms with Crippen LogP contribution in [0.25, 0.3) is 0 Å². The summed E-state index contributed by atoms with van der Waals surface area (Å²) in [6.07, 6.45) is 2.42. The molecule has 2 aromatic rings. The van der Waals surface area contributed by atoms with Gasteiger partial charge in [-0.15, -0.1) is 11.3 Å². The number of thiazole rings is 1. The number of hydrogen-bond donors (Lipinski definition) is 1. The Labute approximate surface area is 131 Å². The molecule has 3 nitrogen and oxygen atoms in total. The van der Waals surface area contributed by atoms with Crippen LogP contribution in [0.3, 0.4) is 0 Å². The Hall–Kier alpha value is -1.39. The molecule has 0 saturated carbocycles. The van der Waals surface area contributed by atoms with E-state index in [9.17, 15) is 5.11 Å². The minimum atomic E-state index is -0.487. The fourth-order valence-electron chi connectivity index (χ4n) is 2.34. The summed E-state index contributed by atoms with van der Waals surface area (Å²) in [6, 6.07) is 10.3. The molecule has 0 saturated heterocycles. The molecule has 2 atom stereocenters. The fourth-order valence-corrected chi connectivity index (χ4v) is 3.25. The summed E-state index contributed by atoms with van der Waals surface area (Å²) in [6.45, 7) is 4.43. The van der Waals surface area contributed by atoms with Crippen molar-refractivity contribution < 1.29 is 5.11 Å². The van der Waals surface area contributed by atoms with Crippen molar-refractivity contribution >= 4 is 16.5 Å². The summed E-state index contributed by atoms with van der Waals surface area (Å²) in [5.74, 6) is 0. The Morgan fingerprint density at radius 2 is 2.00 bits per heavy atom. The van der Waals surface area contributed by atoms with Crippen LogP contribution in [0.15, 0.2) is 35.7 Å². The van der Waals surface area contributed by atoms with Crippen LogP contribution in [0.5, 0.6) is 0 Å². The summed E-state index contributed by atoms with van der Waals surface area (Å²) in [5, 5.41) is 13.4. The summed E-state index contributed by atoms with van der Waals surface area (Å²) in [7, 11) is 2.09. The largest absolute Gasteiger partial charge is 0.388 e. The maximum atomic E-state index is 10.3. The van der Waals surface area contributed by atoms with Gasteiger partial charge in [0.05, 0.1) is 11.8 Å². The van der Waals surface area contributed by atoms with Crippen molar-refractivity contribution in [3.63, 3.8) is 0 Å². The van der Waals surface area contributed by atoms with E-state index in [2.05, 4.69) is 36.2 Å². The van der Waals surface area contributed by atoms with E-state index in [1.165, 1.54) is 6.42 Å². The molecule has 0 amide bonds. The molecule has 0 aliphatic carbocycles. The molecule has 0 bridgehead atoms. The zero-order chi connectivity index (χ0) is 15.2. The standard InChI is InChI=1S/C17H24N2OS/c1-4-8-13(2)19(3)17-18-15(12-21-17)11-16(20)14-9-6-5-7-10-14/h5-7,9-10,12-13,16,20H,4,8,11H2,1-3H3. The van der Waals surface area contributed by atoms with Crippen molar-refractivity contribution in [2.24, 2.45) is 0 Å². The number of aromatic nitrogens is 1. The highest BCUT2D eigenvalue weighted by molar-refractivity contribution is 7.13. The van der Waals surface area contributed by atoms with Gasteiger partial charge in [0.25, 0.3) is 0 Å². The Morgan fingerprint density at radius 3 is 2.67 bits per heavy atom. The summed E-state index contributed by atoms with van der Waals surface area (Å²) < 4.78 is 0. The molecule has 1 N–H and O–H groups in total. The molecule has 1 aromatic carbocycles. The first kappa shape index (κ1) is 16.0. The third-order valence-electron chi connectivity index (χ3n) is 3.80. The molecular formula is C17H24N2OS. The molecule has 1 aromatic heterocycles. The molecular weight excluding hydrogens is 280 g/mol. The molecule has 4 heteroatoms. The van der Waals surface area contributed by atoms with Crippen LogP contribution >= 0.6 is 11.3 Å². The maximum absolute atomic E-state index is 10.3. The Morgan fingerprint density at radius 1 is 1.29 bits per heavy atom. The molecule has 0 aliphatic rings. The van der Waals surface area contributed by atoms with Crippen LogP contribution < -0.4 is 4.90 Å². The van der Waals surface area contributed by atoms with Crippen molar-refractivity contribution in [3.05, 3.63) is 47.0 Å². The molecule has 0 aliphatic heterocycles. The highest BCUT2D eigenvalue weighted by atomic mass is 32.1. The lowest BCUT2D eigenvalue weighted by Gasteiger charge is -2.23. The van der Waals surface area contributed by atoms with Gasteiger partial charge in [0.1, 0.15) is 0 Å². The summed E-state index contributed by atoms with van der Waals surface area (Å²) >= 11 is 1.65. The van der Waals surface area contributed by atoms with Crippen molar-refractivity contribution in [2.45, 2.75) is 45.3 Å². The predicted octanol–water partition coefficient (Wildman–Crippen LogP) is 4.04. The fraction of sp³-hybridized carbons (Fsp3) is 0.471. The van der Waals surface area contributed by atoms with Gasteiger partial charge in [0.15, 0.2) is 5.13 Å².